The van der Waals surface area contributed by atoms with Crippen LogP contribution in [0.4, 0.5) is 11.4 Å². The van der Waals surface area contributed by atoms with E-state index in [9.17, 15) is 29.9 Å². The third-order valence-electron chi connectivity index (χ3n) is 5.07. The van der Waals surface area contributed by atoms with E-state index in [1.54, 1.807) is 30.3 Å². The summed E-state index contributed by atoms with van der Waals surface area (Å²) in [6.45, 7) is 0. The summed E-state index contributed by atoms with van der Waals surface area (Å²) in [6, 6.07) is 16.2. The summed E-state index contributed by atoms with van der Waals surface area (Å²) in [7, 11) is 0. The first-order chi connectivity index (χ1) is 15.3. The lowest BCUT2D eigenvalue weighted by Gasteiger charge is -2.25. The van der Waals surface area contributed by atoms with Crippen molar-refractivity contribution in [1.82, 2.24) is 0 Å². The van der Waals surface area contributed by atoms with E-state index in [0.29, 0.717) is 16.3 Å². The number of nitro benzene ring substituents is 1. The molecule has 1 atom stereocenters. The molecule has 1 amide bonds. The van der Waals surface area contributed by atoms with Crippen LogP contribution in [-0.2, 0) is 9.59 Å². The quantitative estimate of drug-likeness (QED) is 0.197. The summed E-state index contributed by atoms with van der Waals surface area (Å²) in [5.74, 6) is -2.40. The average molecular weight is 451 g/mol. The second-order valence-electron chi connectivity index (χ2n) is 7.05. The Kier molecular flexibility index (Phi) is 5.38. The molecule has 3 aromatic carbocycles. The number of hydrogen-bond donors (Lipinski definition) is 2. The molecule has 1 saturated heterocycles. The Labute approximate surface area is 186 Å². The van der Waals surface area contributed by atoms with Gasteiger partial charge in [0.25, 0.3) is 17.4 Å². The van der Waals surface area contributed by atoms with Crippen molar-refractivity contribution in [2.45, 2.75) is 6.04 Å². The second kappa shape index (κ2) is 8.16. The summed E-state index contributed by atoms with van der Waals surface area (Å²) in [5, 5.41) is 32.2. The largest absolute Gasteiger partial charge is 0.508 e. The molecule has 4 rings (SSSR count). The number of halogens is 1. The minimum Gasteiger partial charge on any atom is -0.508 e. The van der Waals surface area contributed by atoms with Crippen molar-refractivity contribution >= 4 is 40.4 Å². The number of nitro groups is 1. The summed E-state index contributed by atoms with van der Waals surface area (Å²) in [5.41, 5.74) is 0.438. The molecule has 3 aromatic rings. The first-order valence-corrected chi connectivity index (χ1v) is 9.76. The monoisotopic (exact) mass is 450 g/mol. The molecule has 160 valence electrons. The van der Waals surface area contributed by atoms with Gasteiger partial charge >= 0.3 is 0 Å². The molecule has 0 saturated carbocycles. The minimum atomic E-state index is -1.06. The van der Waals surface area contributed by atoms with E-state index in [1.165, 1.54) is 47.4 Å². The molecule has 8 nitrogen and oxygen atoms in total. The van der Waals surface area contributed by atoms with Gasteiger partial charge in [-0.05, 0) is 48.0 Å². The number of phenolic OH excluding ortho intramolecular Hbond substituents is 1. The lowest BCUT2D eigenvalue weighted by molar-refractivity contribution is -0.384. The molecule has 0 aliphatic carbocycles. The van der Waals surface area contributed by atoms with E-state index < -0.39 is 28.4 Å². The number of hydrogen-bond acceptors (Lipinski definition) is 6. The maximum absolute atomic E-state index is 13.0. The van der Waals surface area contributed by atoms with Gasteiger partial charge in [-0.2, -0.15) is 0 Å². The van der Waals surface area contributed by atoms with E-state index in [4.69, 9.17) is 11.6 Å². The normalized spacial score (nSPS) is 17.5. The van der Waals surface area contributed by atoms with Crippen molar-refractivity contribution in [3.8, 4) is 5.75 Å². The number of phenols is 1. The highest BCUT2D eigenvalue weighted by molar-refractivity contribution is 6.51. The lowest BCUT2D eigenvalue weighted by atomic mass is 9.95. The highest BCUT2D eigenvalue weighted by Crippen LogP contribution is 2.43. The first kappa shape index (κ1) is 21.1. The van der Waals surface area contributed by atoms with Crippen molar-refractivity contribution in [2.75, 3.05) is 4.90 Å². The van der Waals surface area contributed by atoms with Crippen LogP contribution < -0.4 is 4.90 Å². The number of anilines is 1. The molecule has 0 aromatic heterocycles. The zero-order valence-electron chi connectivity index (χ0n) is 16.3. The first-order valence-electron chi connectivity index (χ1n) is 9.38. The van der Waals surface area contributed by atoms with Crippen molar-refractivity contribution in [3.05, 3.63) is 105 Å². The number of non-ortho nitro benzene ring substituents is 1. The Bertz CT molecular complexity index is 1290. The molecule has 0 spiro atoms. The summed E-state index contributed by atoms with van der Waals surface area (Å²) in [4.78, 5) is 37.6. The standard InChI is InChI=1S/C23H15ClN2O6/c24-15-4-2-5-17(12-15)25-20(14-3-1-6-18(27)11-14)19(22(29)23(25)30)21(28)13-7-9-16(10-8-13)26(31)32/h1-12,20,27-28H/b21-19+. The molecule has 1 fully saturated rings. The van der Waals surface area contributed by atoms with Crippen molar-refractivity contribution in [2.24, 2.45) is 0 Å². The molecule has 32 heavy (non-hydrogen) atoms. The molecule has 2 N–H and O–H groups in total. The minimum absolute atomic E-state index is 0.0884. The van der Waals surface area contributed by atoms with Crippen LogP contribution in [0.3, 0.4) is 0 Å². The highest BCUT2D eigenvalue weighted by Gasteiger charge is 2.47. The fourth-order valence-corrected chi connectivity index (χ4v) is 3.82. The number of benzene rings is 3. The van der Waals surface area contributed by atoms with E-state index in [1.807, 2.05) is 0 Å². The molecule has 0 radical (unpaired) electrons. The number of carbonyl (C=O) groups excluding carboxylic acids is 2. The Hall–Kier alpha value is -4.17. The number of ketones is 1. The topological polar surface area (TPSA) is 121 Å². The van der Waals surface area contributed by atoms with Crippen LogP contribution in [0.1, 0.15) is 17.2 Å². The fraction of sp³-hybridized carbons (Fsp3) is 0.0435. The maximum atomic E-state index is 13.0. The average Bonchev–Trinajstić information content (AvgIpc) is 3.04. The van der Waals surface area contributed by atoms with Crippen LogP contribution >= 0.6 is 11.6 Å². The summed E-state index contributed by atoms with van der Waals surface area (Å²) >= 11 is 6.08. The zero-order chi connectivity index (χ0) is 23.0. The SMILES string of the molecule is O=C1C(=O)N(c2cccc(Cl)c2)C(c2cccc(O)c2)/C1=C(\O)c1ccc([N+](=O)[O-])cc1. The van der Waals surface area contributed by atoms with Gasteiger partial charge in [-0.25, -0.2) is 0 Å². The Morgan fingerprint density at radius 2 is 1.69 bits per heavy atom. The number of aromatic hydroxyl groups is 1. The number of amides is 1. The predicted molar refractivity (Wildman–Crippen MR) is 117 cm³/mol. The number of nitrogens with zero attached hydrogens (tertiary/aromatic N) is 2. The van der Waals surface area contributed by atoms with Gasteiger partial charge in [0.2, 0.25) is 0 Å². The highest BCUT2D eigenvalue weighted by atomic mass is 35.5. The molecule has 0 bridgehead atoms. The molecular formula is C23H15ClN2O6. The number of aliphatic hydroxyl groups is 1. The van der Waals surface area contributed by atoms with Gasteiger partial charge in [0.15, 0.2) is 0 Å². The molecule has 1 aliphatic rings. The van der Waals surface area contributed by atoms with Crippen molar-refractivity contribution < 1.29 is 24.7 Å². The van der Waals surface area contributed by atoms with Gasteiger partial charge < -0.3 is 10.2 Å². The Balaban J connectivity index is 1.93. The molecular weight excluding hydrogens is 436 g/mol. The van der Waals surface area contributed by atoms with Gasteiger partial charge in [-0.1, -0.05) is 29.8 Å². The lowest BCUT2D eigenvalue weighted by Crippen LogP contribution is -2.29. The smallest absolute Gasteiger partial charge is 0.300 e. The van der Waals surface area contributed by atoms with E-state index in [2.05, 4.69) is 0 Å². The zero-order valence-corrected chi connectivity index (χ0v) is 17.1. The van der Waals surface area contributed by atoms with Crippen molar-refractivity contribution in [3.63, 3.8) is 0 Å². The van der Waals surface area contributed by atoms with Gasteiger partial charge in [0.1, 0.15) is 11.5 Å². The third kappa shape index (κ3) is 3.67. The van der Waals surface area contributed by atoms with Crippen LogP contribution in [0.25, 0.3) is 5.76 Å². The Morgan fingerprint density at radius 1 is 1.00 bits per heavy atom. The molecule has 9 heteroatoms. The van der Waals surface area contributed by atoms with Crippen LogP contribution in [0.5, 0.6) is 5.75 Å². The second-order valence-corrected chi connectivity index (χ2v) is 7.48. The summed E-state index contributed by atoms with van der Waals surface area (Å²) < 4.78 is 0. The predicted octanol–water partition coefficient (Wildman–Crippen LogP) is 4.58. The summed E-state index contributed by atoms with van der Waals surface area (Å²) in [6.07, 6.45) is 0. The van der Waals surface area contributed by atoms with Crippen LogP contribution in [0.15, 0.2) is 78.4 Å². The van der Waals surface area contributed by atoms with Crippen LogP contribution in [-0.4, -0.2) is 26.8 Å². The van der Waals surface area contributed by atoms with Gasteiger partial charge in [-0.15, -0.1) is 0 Å². The fourth-order valence-electron chi connectivity index (χ4n) is 3.63. The van der Waals surface area contributed by atoms with E-state index in [-0.39, 0.29) is 22.6 Å². The third-order valence-corrected chi connectivity index (χ3v) is 5.30. The number of carbonyl (C=O) groups is 2. The van der Waals surface area contributed by atoms with Crippen LogP contribution in [0, 0.1) is 10.1 Å². The van der Waals surface area contributed by atoms with Crippen LogP contribution in [0.2, 0.25) is 5.02 Å². The van der Waals surface area contributed by atoms with Gasteiger partial charge in [-0.3, -0.25) is 24.6 Å². The maximum Gasteiger partial charge on any atom is 0.300 e. The van der Waals surface area contributed by atoms with E-state index in [0.717, 1.165) is 0 Å². The Morgan fingerprint density at radius 3 is 2.31 bits per heavy atom. The van der Waals surface area contributed by atoms with Gasteiger partial charge in [0.05, 0.1) is 16.5 Å². The van der Waals surface area contributed by atoms with E-state index >= 15 is 0 Å². The number of Topliss-reactive ketones (excluding diaryl/α,β-unsaturated/α-hetero) is 1. The molecule has 1 heterocycles. The number of rotatable bonds is 4. The van der Waals surface area contributed by atoms with Gasteiger partial charge in [0, 0.05) is 28.4 Å². The number of aliphatic hydroxyl groups excluding tert-OH is 1. The van der Waals surface area contributed by atoms with Crippen molar-refractivity contribution in [1.29, 1.82) is 0 Å². The molecule has 1 aliphatic heterocycles. The molecule has 1 unspecified atom stereocenters.